The molecule has 3 rings (SSSR count). The van der Waals surface area contributed by atoms with Crippen LogP contribution in [0.25, 0.3) is 22.3 Å². The van der Waals surface area contributed by atoms with E-state index in [1.54, 1.807) is 24.3 Å². The summed E-state index contributed by atoms with van der Waals surface area (Å²) in [5, 5.41) is 3.87. The smallest absolute Gasteiger partial charge is 0.170 e. The fourth-order valence-corrected chi connectivity index (χ4v) is 2.35. The number of benzene rings is 2. The van der Waals surface area contributed by atoms with E-state index < -0.39 is 5.82 Å². The molecule has 0 aliphatic rings. The topological polar surface area (TPSA) is 25.2 Å². The molecule has 1 aromatic heterocycles. The van der Waals surface area contributed by atoms with Crippen molar-refractivity contribution in [1.29, 1.82) is 0 Å². The number of furan rings is 1. The molecule has 2 nitrogen and oxygen atoms in total. The number of halogens is 2. The third-order valence-electron chi connectivity index (χ3n) is 3.40. The Morgan fingerprint density at radius 1 is 1.10 bits per heavy atom. The summed E-state index contributed by atoms with van der Waals surface area (Å²) in [5.74, 6) is -0.280. The molecule has 1 N–H and O–H groups in total. The van der Waals surface area contributed by atoms with Crippen LogP contribution in [0.2, 0.25) is 0 Å². The van der Waals surface area contributed by atoms with Gasteiger partial charge in [0, 0.05) is 17.5 Å². The summed E-state index contributed by atoms with van der Waals surface area (Å²) >= 11 is 0. The standard InChI is InChI=1S/C17H15F2NO/c1-2-20-10-12-6-7-13(18)9-14(12)16-8-11-4-3-5-15(19)17(11)21-16/h3-9,20H,2,10H2,1H3. The van der Waals surface area contributed by atoms with Gasteiger partial charge in [0.15, 0.2) is 11.4 Å². The highest BCUT2D eigenvalue weighted by Gasteiger charge is 2.13. The van der Waals surface area contributed by atoms with Gasteiger partial charge in [-0.2, -0.15) is 0 Å². The lowest BCUT2D eigenvalue weighted by Gasteiger charge is -2.08. The van der Waals surface area contributed by atoms with E-state index >= 15 is 0 Å². The van der Waals surface area contributed by atoms with Gasteiger partial charge in [0.05, 0.1) is 0 Å². The summed E-state index contributed by atoms with van der Waals surface area (Å²) < 4.78 is 32.9. The van der Waals surface area contributed by atoms with E-state index in [0.29, 0.717) is 23.3 Å². The lowest BCUT2D eigenvalue weighted by Crippen LogP contribution is -2.12. The first kappa shape index (κ1) is 13.8. The van der Waals surface area contributed by atoms with Gasteiger partial charge in [0.1, 0.15) is 11.6 Å². The van der Waals surface area contributed by atoms with Gasteiger partial charge in [-0.1, -0.05) is 25.1 Å². The zero-order chi connectivity index (χ0) is 14.8. The van der Waals surface area contributed by atoms with Crippen LogP contribution in [-0.2, 0) is 6.54 Å². The van der Waals surface area contributed by atoms with Crippen LogP contribution in [0.5, 0.6) is 0 Å². The van der Waals surface area contributed by atoms with Crippen LogP contribution in [0.15, 0.2) is 46.9 Å². The van der Waals surface area contributed by atoms with E-state index in [-0.39, 0.29) is 11.4 Å². The van der Waals surface area contributed by atoms with E-state index in [4.69, 9.17) is 4.42 Å². The van der Waals surface area contributed by atoms with E-state index in [1.807, 2.05) is 6.92 Å². The summed E-state index contributed by atoms with van der Waals surface area (Å²) in [6, 6.07) is 11.0. The lowest BCUT2D eigenvalue weighted by molar-refractivity contribution is 0.567. The average molecular weight is 287 g/mol. The number of para-hydroxylation sites is 1. The normalized spacial score (nSPS) is 11.2. The second kappa shape index (κ2) is 5.66. The van der Waals surface area contributed by atoms with Crippen molar-refractivity contribution < 1.29 is 13.2 Å². The molecule has 0 saturated heterocycles. The molecule has 0 aliphatic carbocycles. The fourth-order valence-electron chi connectivity index (χ4n) is 2.35. The third kappa shape index (κ3) is 2.67. The van der Waals surface area contributed by atoms with E-state index in [0.717, 1.165) is 12.1 Å². The second-order valence-corrected chi connectivity index (χ2v) is 4.85. The highest BCUT2D eigenvalue weighted by atomic mass is 19.1. The zero-order valence-corrected chi connectivity index (χ0v) is 11.6. The Morgan fingerprint density at radius 2 is 1.95 bits per heavy atom. The summed E-state index contributed by atoms with van der Waals surface area (Å²) in [4.78, 5) is 0. The maximum atomic E-state index is 13.7. The molecule has 2 aromatic carbocycles. The van der Waals surface area contributed by atoms with Crippen molar-refractivity contribution in [3.8, 4) is 11.3 Å². The molecule has 0 saturated carbocycles. The Bertz CT molecular complexity index is 780. The molecule has 21 heavy (non-hydrogen) atoms. The molecule has 0 aliphatic heterocycles. The molecule has 0 atom stereocenters. The fraction of sp³-hybridized carbons (Fsp3) is 0.176. The van der Waals surface area contributed by atoms with Gasteiger partial charge in [-0.3, -0.25) is 0 Å². The number of fused-ring (bicyclic) bond motifs is 1. The molecule has 1 heterocycles. The van der Waals surface area contributed by atoms with Crippen LogP contribution < -0.4 is 5.32 Å². The number of hydrogen-bond acceptors (Lipinski definition) is 2. The van der Waals surface area contributed by atoms with Crippen molar-refractivity contribution in [3.05, 3.63) is 59.7 Å². The quantitative estimate of drug-likeness (QED) is 0.765. The molecule has 0 amide bonds. The van der Waals surface area contributed by atoms with Gasteiger partial charge in [0.2, 0.25) is 0 Å². The van der Waals surface area contributed by atoms with Gasteiger partial charge < -0.3 is 9.73 Å². The Kier molecular flexibility index (Phi) is 3.71. The second-order valence-electron chi connectivity index (χ2n) is 4.85. The van der Waals surface area contributed by atoms with E-state index in [2.05, 4.69) is 5.32 Å². The number of rotatable bonds is 4. The molecule has 4 heteroatoms. The molecule has 0 fully saturated rings. The predicted octanol–water partition coefficient (Wildman–Crippen LogP) is 4.49. The minimum absolute atomic E-state index is 0.200. The molecule has 0 unspecified atom stereocenters. The Hall–Kier alpha value is -2.20. The first-order chi connectivity index (χ1) is 10.2. The van der Waals surface area contributed by atoms with Gasteiger partial charge in [-0.15, -0.1) is 0 Å². The van der Waals surface area contributed by atoms with Crippen molar-refractivity contribution in [2.24, 2.45) is 0 Å². The van der Waals surface area contributed by atoms with Crippen LogP contribution in [0, 0.1) is 11.6 Å². The van der Waals surface area contributed by atoms with Crippen LogP contribution in [-0.4, -0.2) is 6.54 Å². The molecule has 108 valence electrons. The largest absolute Gasteiger partial charge is 0.453 e. The van der Waals surface area contributed by atoms with Crippen molar-refractivity contribution in [2.45, 2.75) is 13.5 Å². The van der Waals surface area contributed by atoms with E-state index in [9.17, 15) is 8.78 Å². The monoisotopic (exact) mass is 287 g/mol. The number of hydrogen-bond donors (Lipinski definition) is 1. The van der Waals surface area contributed by atoms with Crippen LogP contribution >= 0.6 is 0 Å². The summed E-state index contributed by atoms with van der Waals surface area (Å²) in [5.41, 5.74) is 1.76. The Morgan fingerprint density at radius 3 is 2.71 bits per heavy atom. The first-order valence-electron chi connectivity index (χ1n) is 6.86. The van der Waals surface area contributed by atoms with Gasteiger partial charge in [-0.05, 0) is 36.4 Å². The summed E-state index contributed by atoms with van der Waals surface area (Å²) in [7, 11) is 0. The van der Waals surface area contributed by atoms with E-state index in [1.165, 1.54) is 18.2 Å². The van der Waals surface area contributed by atoms with Crippen molar-refractivity contribution in [3.63, 3.8) is 0 Å². The first-order valence-corrected chi connectivity index (χ1v) is 6.86. The predicted molar refractivity (Wildman–Crippen MR) is 78.9 cm³/mol. The van der Waals surface area contributed by atoms with Crippen molar-refractivity contribution >= 4 is 11.0 Å². The van der Waals surface area contributed by atoms with Crippen LogP contribution in [0.3, 0.4) is 0 Å². The minimum atomic E-state index is -0.414. The maximum Gasteiger partial charge on any atom is 0.170 e. The Labute approximate surface area is 121 Å². The summed E-state index contributed by atoms with van der Waals surface area (Å²) in [6.45, 7) is 3.41. The SMILES string of the molecule is CCNCc1ccc(F)cc1-c1cc2cccc(F)c2o1. The molecule has 0 spiro atoms. The zero-order valence-electron chi connectivity index (χ0n) is 11.6. The van der Waals surface area contributed by atoms with Crippen molar-refractivity contribution in [2.75, 3.05) is 6.54 Å². The van der Waals surface area contributed by atoms with Crippen LogP contribution in [0.4, 0.5) is 8.78 Å². The Balaban J connectivity index is 2.12. The minimum Gasteiger partial charge on any atom is -0.453 e. The third-order valence-corrected chi connectivity index (χ3v) is 3.40. The molecule has 0 bridgehead atoms. The average Bonchev–Trinajstić information content (AvgIpc) is 2.91. The van der Waals surface area contributed by atoms with Gasteiger partial charge in [0.25, 0.3) is 0 Å². The van der Waals surface area contributed by atoms with Crippen LogP contribution in [0.1, 0.15) is 12.5 Å². The highest BCUT2D eigenvalue weighted by Crippen LogP contribution is 2.31. The molecule has 0 radical (unpaired) electrons. The molecular weight excluding hydrogens is 272 g/mol. The molecular formula is C17H15F2NO. The van der Waals surface area contributed by atoms with Crippen molar-refractivity contribution in [1.82, 2.24) is 5.32 Å². The van der Waals surface area contributed by atoms with Gasteiger partial charge in [-0.25, -0.2) is 8.78 Å². The summed E-state index contributed by atoms with van der Waals surface area (Å²) in [6.07, 6.45) is 0. The number of nitrogens with one attached hydrogen (secondary N) is 1. The lowest BCUT2D eigenvalue weighted by atomic mass is 10.0. The van der Waals surface area contributed by atoms with Gasteiger partial charge >= 0.3 is 0 Å². The maximum absolute atomic E-state index is 13.7. The molecule has 3 aromatic rings. The highest BCUT2D eigenvalue weighted by molar-refractivity contribution is 5.83.